The van der Waals surface area contributed by atoms with Crippen molar-refractivity contribution in [2.75, 3.05) is 0 Å². The SMILES string of the molecule is CC(SCc1cc(CSC(C)C(N)=O)c(O)c(C(C)(C)C)c1)C(N)=O. The summed E-state index contributed by atoms with van der Waals surface area (Å²) in [7, 11) is 0. The first-order chi connectivity index (χ1) is 11.4. The molecule has 140 valence electrons. The Morgan fingerprint density at radius 1 is 1.04 bits per heavy atom. The van der Waals surface area contributed by atoms with Crippen LogP contribution in [0.5, 0.6) is 5.75 Å². The Morgan fingerprint density at radius 2 is 1.52 bits per heavy atom. The van der Waals surface area contributed by atoms with E-state index in [1.54, 1.807) is 13.8 Å². The van der Waals surface area contributed by atoms with Gasteiger partial charge < -0.3 is 16.6 Å². The quantitative estimate of drug-likeness (QED) is 0.639. The van der Waals surface area contributed by atoms with Crippen LogP contribution in [-0.2, 0) is 26.5 Å². The van der Waals surface area contributed by atoms with Crippen LogP contribution in [0.15, 0.2) is 12.1 Å². The third kappa shape index (κ3) is 6.47. The Balaban J connectivity index is 3.11. The molecule has 0 aliphatic carbocycles. The monoisotopic (exact) mass is 384 g/mol. The van der Waals surface area contributed by atoms with Gasteiger partial charge in [-0.2, -0.15) is 0 Å². The maximum Gasteiger partial charge on any atom is 0.230 e. The van der Waals surface area contributed by atoms with Crippen molar-refractivity contribution in [3.05, 3.63) is 28.8 Å². The average Bonchev–Trinajstić information content (AvgIpc) is 2.50. The molecule has 1 aromatic carbocycles. The van der Waals surface area contributed by atoms with E-state index in [9.17, 15) is 14.7 Å². The van der Waals surface area contributed by atoms with Crippen molar-refractivity contribution in [2.24, 2.45) is 11.5 Å². The molecule has 7 heteroatoms. The summed E-state index contributed by atoms with van der Waals surface area (Å²) < 4.78 is 0. The Labute approximate surface area is 158 Å². The second-order valence-electron chi connectivity index (χ2n) is 7.11. The van der Waals surface area contributed by atoms with E-state index in [1.807, 2.05) is 32.9 Å². The number of hydrogen-bond donors (Lipinski definition) is 3. The topological polar surface area (TPSA) is 106 Å². The molecule has 0 spiro atoms. The van der Waals surface area contributed by atoms with Crippen molar-refractivity contribution in [3.63, 3.8) is 0 Å². The molecule has 0 saturated carbocycles. The Kier molecular flexibility index (Phi) is 7.68. The smallest absolute Gasteiger partial charge is 0.230 e. The van der Waals surface area contributed by atoms with Gasteiger partial charge in [-0.1, -0.05) is 32.9 Å². The zero-order valence-corrected chi connectivity index (χ0v) is 17.1. The van der Waals surface area contributed by atoms with Crippen molar-refractivity contribution in [1.82, 2.24) is 0 Å². The van der Waals surface area contributed by atoms with Crippen LogP contribution in [-0.4, -0.2) is 27.4 Å². The summed E-state index contributed by atoms with van der Waals surface area (Å²) in [5.41, 5.74) is 13.0. The number of aromatic hydroxyl groups is 1. The van der Waals surface area contributed by atoms with Crippen LogP contribution in [0.2, 0.25) is 0 Å². The van der Waals surface area contributed by atoms with E-state index in [4.69, 9.17) is 11.5 Å². The molecule has 2 atom stereocenters. The zero-order chi connectivity index (χ0) is 19.4. The van der Waals surface area contributed by atoms with E-state index in [0.29, 0.717) is 11.5 Å². The Hall–Kier alpha value is -1.34. The van der Waals surface area contributed by atoms with E-state index < -0.39 is 0 Å². The molecule has 1 rings (SSSR count). The lowest BCUT2D eigenvalue weighted by Gasteiger charge is -2.24. The van der Waals surface area contributed by atoms with Crippen molar-refractivity contribution >= 4 is 35.3 Å². The molecule has 0 heterocycles. The van der Waals surface area contributed by atoms with Crippen LogP contribution >= 0.6 is 23.5 Å². The van der Waals surface area contributed by atoms with Crippen molar-refractivity contribution in [2.45, 2.75) is 62.0 Å². The number of phenolic OH excluding ortho intramolecular Hbond substituents is 1. The van der Waals surface area contributed by atoms with E-state index in [-0.39, 0.29) is 33.5 Å². The summed E-state index contributed by atoms with van der Waals surface area (Å²) in [6.45, 7) is 9.64. The highest BCUT2D eigenvalue weighted by Crippen LogP contribution is 2.37. The summed E-state index contributed by atoms with van der Waals surface area (Å²) in [6, 6.07) is 3.90. The van der Waals surface area contributed by atoms with E-state index in [1.165, 1.54) is 23.5 Å². The fourth-order valence-electron chi connectivity index (χ4n) is 2.13. The minimum Gasteiger partial charge on any atom is -0.507 e. The summed E-state index contributed by atoms with van der Waals surface area (Å²) in [5.74, 6) is 0.654. The van der Waals surface area contributed by atoms with Gasteiger partial charge in [0, 0.05) is 17.1 Å². The molecule has 1 aromatic rings. The van der Waals surface area contributed by atoms with Crippen LogP contribution in [0.4, 0.5) is 0 Å². The molecule has 25 heavy (non-hydrogen) atoms. The number of nitrogens with two attached hydrogens (primary N) is 2. The van der Waals surface area contributed by atoms with Gasteiger partial charge in [-0.05, 0) is 30.4 Å². The lowest BCUT2D eigenvalue weighted by atomic mass is 9.84. The van der Waals surface area contributed by atoms with Crippen LogP contribution in [0.1, 0.15) is 51.3 Å². The van der Waals surface area contributed by atoms with Crippen LogP contribution in [0.3, 0.4) is 0 Å². The standard InChI is InChI=1S/C18H28N2O3S2/c1-10(16(19)22)24-8-12-6-13(9-25-11(2)17(20)23)15(21)14(7-12)18(3,4)5/h6-7,10-11,21H,8-9H2,1-5H3,(H2,19,22)(H2,20,23). The van der Waals surface area contributed by atoms with Crippen LogP contribution in [0.25, 0.3) is 0 Å². The maximum atomic E-state index is 11.2. The predicted octanol–water partition coefficient (Wildman–Crippen LogP) is 2.90. The fraction of sp³-hybridized carbons (Fsp3) is 0.556. The van der Waals surface area contributed by atoms with Gasteiger partial charge in [0.15, 0.2) is 0 Å². The Morgan fingerprint density at radius 3 is 1.96 bits per heavy atom. The number of primary amides is 2. The first kappa shape index (κ1) is 21.7. The molecular formula is C18H28N2O3S2. The minimum atomic E-state index is -0.373. The summed E-state index contributed by atoms with van der Waals surface area (Å²) in [5, 5.41) is 10.0. The number of hydrogen-bond acceptors (Lipinski definition) is 5. The van der Waals surface area contributed by atoms with Crippen molar-refractivity contribution in [1.29, 1.82) is 0 Å². The summed E-state index contributed by atoms with van der Waals surface area (Å²) in [6.07, 6.45) is 0. The number of phenols is 1. The summed E-state index contributed by atoms with van der Waals surface area (Å²) >= 11 is 2.86. The number of benzene rings is 1. The van der Waals surface area contributed by atoms with Gasteiger partial charge in [-0.3, -0.25) is 9.59 Å². The average molecular weight is 385 g/mol. The molecule has 0 aromatic heterocycles. The minimum absolute atomic E-state index is 0.227. The van der Waals surface area contributed by atoms with E-state index >= 15 is 0 Å². The third-order valence-corrected chi connectivity index (χ3v) is 6.29. The first-order valence-corrected chi connectivity index (χ1v) is 10.2. The van der Waals surface area contributed by atoms with Gasteiger partial charge in [0.25, 0.3) is 0 Å². The third-order valence-electron chi connectivity index (χ3n) is 3.85. The Bertz CT molecular complexity index is 642. The second kappa shape index (κ2) is 8.85. The van der Waals surface area contributed by atoms with Gasteiger partial charge in [0.1, 0.15) is 5.75 Å². The largest absolute Gasteiger partial charge is 0.507 e. The molecule has 0 aliphatic heterocycles. The zero-order valence-electron chi connectivity index (χ0n) is 15.5. The highest BCUT2D eigenvalue weighted by atomic mass is 32.2. The molecule has 2 unspecified atom stereocenters. The molecule has 0 fully saturated rings. The van der Waals surface area contributed by atoms with Gasteiger partial charge >= 0.3 is 0 Å². The van der Waals surface area contributed by atoms with Crippen molar-refractivity contribution in [3.8, 4) is 5.75 Å². The first-order valence-electron chi connectivity index (χ1n) is 8.10. The molecule has 0 aliphatic rings. The van der Waals surface area contributed by atoms with E-state index in [0.717, 1.165) is 16.7 Å². The highest BCUT2D eigenvalue weighted by molar-refractivity contribution is 8.00. The van der Waals surface area contributed by atoms with Crippen molar-refractivity contribution < 1.29 is 14.7 Å². The maximum absolute atomic E-state index is 11.2. The lowest BCUT2D eigenvalue weighted by Crippen LogP contribution is -2.23. The van der Waals surface area contributed by atoms with Gasteiger partial charge in [-0.25, -0.2) is 0 Å². The molecule has 0 bridgehead atoms. The molecular weight excluding hydrogens is 356 g/mol. The fourth-order valence-corrected chi connectivity index (χ4v) is 3.71. The number of carbonyl (C=O) groups is 2. The highest BCUT2D eigenvalue weighted by Gasteiger charge is 2.22. The van der Waals surface area contributed by atoms with Crippen LogP contribution < -0.4 is 11.5 Å². The molecule has 5 nitrogen and oxygen atoms in total. The normalized spacial score (nSPS) is 14.1. The van der Waals surface area contributed by atoms with Crippen LogP contribution in [0, 0.1) is 0 Å². The van der Waals surface area contributed by atoms with Gasteiger partial charge in [0.2, 0.25) is 11.8 Å². The number of amides is 2. The number of thioether (sulfide) groups is 2. The number of carbonyl (C=O) groups excluding carboxylic acids is 2. The summed E-state index contributed by atoms with van der Waals surface area (Å²) in [4.78, 5) is 22.5. The molecule has 5 N–H and O–H groups in total. The van der Waals surface area contributed by atoms with Gasteiger partial charge in [0.05, 0.1) is 10.5 Å². The van der Waals surface area contributed by atoms with E-state index in [2.05, 4.69) is 0 Å². The number of rotatable bonds is 8. The van der Waals surface area contributed by atoms with Gasteiger partial charge in [-0.15, -0.1) is 23.5 Å². The molecule has 0 radical (unpaired) electrons. The second-order valence-corrected chi connectivity index (χ2v) is 9.77. The predicted molar refractivity (Wildman–Crippen MR) is 107 cm³/mol. The molecule has 0 saturated heterocycles. The molecule has 2 amide bonds. The lowest BCUT2D eigenvalue weighted by molar-refractivity contribution is -0.118.